The number of hydrogen-bond donors (Lipinski definition) is 2. The summed E-state index contributed by atoms with van der Waals surface area (Å²) in [5.41, 5.74) is 0.781. The van der Waals surface area contributed by atoms with E-state index in [-0.39, 0.29) is 12.4 Å². The molecule has 0 aliphatic rings. The van der Waals surface area contributed by atoms with Crippen LogP contribution in [0.3, 0.4) is 0 Å². The third-order valence-corrected chi connectivity index (χ3v) is 2.32. The molecule has 88 valence electrons. The van der Waals surface area contributed by atoms with Crippen LogP contribution in [0.4, 0.5) is 5.82 Å². The average molecular weight is 242 g/mol. The van der Waals surface area contributed by atoms with Crippen molar-refractivity contribution in [3.63, 3.8) is 0 Å². The predicted molar refractivity (Wildman–Crippen MR) is 66.9 cm³/mol. The van der Waals surface area contributed by atoms with Crippen molar-refractivity contribution in [2.24, 2.45) is 0 Å². The minimum atomic E-state index is 0. The summed E-state index contributed by atoms with van der Waals surface area (Å²) in [5.74, 6) is 0.866. The number of nitrogens with one attached hydrogen (secondary N) is 2. The molecule has 0 aromatic carbocycles. The highest BCUT2D eigenvalue weighted by Gasteiger charge is 2.03. The van der Waals surface area contributed by atoms with E-state index in [1.165, 1.54) is 19.3 Å². The number of fused-ring (bicyclic) bond motifs is 1. The fourth-order valence-corrected chi connectivity index (χ4v) is 1.49. The number of H-pyrrole nitrogens is 1. The Balaban J connectivity index is 0.00000128. The van der Waals surface area contributed by atoms with Gasteiger partial charge in [0.1, 0.15) is 12.1 Å². The van der Waals surface area contributed by atoms with Gasteiger partial charge in [-0.15, -0.1) is 12.4 Å². The Morgan fingerprint density at radius 2 is 2.19 bits per heavy atom. The van der Waals surface area contributed by atoms with E-state index in [2.05, 4.69) is 32.4 Å². The standard InChI is InChI=1S/C10H15N5.ClH/c1-2-3-4-5-11-9-8-6-14-15-10(8)13-7-12-9;/h6-7H,2-5H2,1H3,(H2,11,12,13,14,15);1H. The topological polar surface area (TPSA) is 66.5 Å². The van der Waals surface area contributed by atoms with E-state index in [4.69, 9.17) is 0 Å². The summed E-state index contributed by atoms with van der Waals surface area (Å²) in [6.45, 7) is 3.14. The third-order valence-electron chi connectivity index (χ3n) is 2.32. The molecule has 2 heterocycles. The van der Waals surface area contributed by atoms with E-state index in [0.29, 0.717) is 0 Å². The Kier molecular flexibility index (Phi) is 4.98. The molecular formula is C10H16ClN5. The first-order valence-corrected chi connectivity index (χ1v) is 5.29. The van der Waals surface area contributed by atoms with E-state index in [1.54, 1.807) is 12.5 Å². The Morgan fingerprint density at radius 3 is 3.00 bits per heavy atom. The second-order valence-electron chi connectivity index (χ2n) is 3.49. The molecule has 0 amide bonds. The van der Waals surface area contributed by atoms with Gasteiger partial charge in [-0.25, -0.2) is 9.97 Å². The molecule has 0 aliphatic carbocycles. The maximum atomic E-state index is 4.19. The molecule has 0 aliphatic heterocycles. The molecule has 16 heavy (non-hydrogen) atoms. The first kappa shape index (κ1) is 12.7. The smallest absolute Gasteiger partial charge is 0.160 e. The summed E-state index contributed by atoms with van der Waals surface area (Å²) < 4.78 is 0. The van der Waals surface area contributed by atoms with Crippen molar-refractivity contribution in [1.29, 1.82) is 0 Å². The fourth-order valence-electron chi connectivity index (χ4n) is 1.49. The first-order valence-electron chi connectivity index (χ1n) is 5.29. The summed E-state index contributed by atoms with van der Waals surface area (Å²) in [7, 11) is 0. The lowest BCUT2D eigenvalue weighted by Crippen LogP contribution is -2.03. The van der Waals surface area contributed by atoms with E-state index in [0.717, 1.165) is 23.4 Å². The second kappa shape index (κ2) is 6.27. The molecule has 0 radical (unpaired) electrons. The lowest BCUT2D eigenvalue weighted by molar-refractivity contribution is 0.742. The molecular weight excluding hydrogens is 226 g/mol. The zero-order chi connectivity index (χ0) is 10.5. The molecule has 0 saturated heterocycles. The van der Waals surface area contributed by atoms with Gasteiger partial charge in [-0.2, -0.15) is 5.10 Å². The summed E-state index contributed by atoms with van der Waals surface area (Å²) in [5, 5.41) is 11.0. The fraction of sp³-hybridized carbons (Fsp3) is 0.500. The number of nitrogens with zero attached hydrogens (tertiary/aromatic N) is 3. The SMILES string of the molecule is CCCCCNc1ncnc2[nH]ncc12.Cl. The van der Waals surface area contributed by atoms with Gasteiger partial charge in [-0.3, -0.25) is 5.10 Å². The minimum absolute atomic E-state index is 0. The number of unbranched alkanes of at least 4 members (excludes halogenated alkanes) is 2. The zero-order valence-corrected chi connectivity index (χ0v) is 10.0. The predicted octanol–water partition coefficient (Wildman–Crippen LogP) is 2.38. The van der Waals surface area contributed by atoms with Crippen LogP contribution < -0.4 is 5.32 Å². The van der Waals surface area contributed by atoms with Crippen LogP contribution in [-0.4, -0.2) is 26.7 Å². The van der Waals surface area contributed by atoms with Crippen molar-refractivity contribution >= 4 is 29.3 Å². The van der Waals surface area contributed by atoms with Gasteiger partial charge in [0, 0.05) is 6.54 Å². The first-order chi connectivity index (χ1) is 7.42. The number of anilines is 1. The second-order valence-corrected chi connectivity index (χ2v) is 3.49. The van der Waals surface area contributed by atoms with Gasteiger partial charge >= 0.3 is 0 Å². The quantitative estimate of drug-likeness (QED) is 0.789. The van der Waals surface area contributed by atoms with Crippen LogP contribution in [0.1, 0.15) is 26.2 Å². The van der Waals surface area contributed by atoms with Crippen molar-refractivity contribution in [3.8, 4) is 0 Å². The summed E-state index contributed by atoms with van der Waals surface area (Å²) in [6, 6.07) is 0. The maximum Gasteiger partial charge on any atom is 0.160 e. The molecule has 6 heteroatoms. The summed E-state index contributed by atoms with van der Waals surface area (Å²) in [6.07, 6.45) is 6.93. The van der Waals surface area contributed by atoms with Crippen LogP contribution in [-0.2, 0) is 0 Å². The minimum Gasteiger partial charge on any atom is -0.369 e. The van der Waals surface area contributed by atoms with Gasteiger partial charge in [-0.05, 0) is 6.42 Å². The molecule has 2 N–H and O–H groups in total. The van der Waals surface area contributed by atoms with E-state index < -0.39 is 0 Å². The number of rotatable bonds is 5. The van der Waals surface area contributed by atoms with Crippen LogP contribution >= 0.6 is 12.4 Å². The van der Waals surface area contributed by atoms with Gasteiger partial charge < -0.3 is 5.32 Å². The van der Waals surface area contributed by atoms with Crippen molar-refractivity contribution < 1.29 is 0 Å². The number of hydrogen-bond acceptors (Lipinski definition) is 4. The van der Waals surface area contributed by atoms with Gasteiger partial charge in [0.2, 0.25) is 0 Å². The number of aromatic amines is 1. The number of aromatic nitrogens is 4. The van der Waals surface area contributed by atoms with Crippen LogP contribution in [0.15, 0.2) is 12.5 Å². The summed E-state index contributed by atoms with van der Waals surface area (Å²) in [4.78, 5) is 8.27. The van der Waals surface area contributed by atoms with Gasteiger partial charge in [-0.1, -0.05) is 19.8 Å². The zero-order valence-electron chi connectivity index (χ0n) is 9.23. The molecule has 5 nitrogen and oxygen atoms in total. The van der Waals surface area contributed by atoms with Gasteiger partial charge in [0.25, 0.3) is 0 Å². The highest BCUT2D eigenvalue weighted by atomic mass is 35.5. The molecule has 0 fully saturated rings. The Labute approximate surface area is 100 Å². The van der Waals surface area contributed by atoms with Crippen LogP contribution in [0.2, 0.25) is 0 Å². The molecule has 0 spiro atoms. The van der Waals surface area contributed by atoms with Crippen molar-refractivity contribution in [3.05, 3.63) is 12.5 Å². The molecule has 2 rings (SSSR count). The molecule has 2 aromatic rings. The van der Waals surface area contributed by atoms with Crippen molar-refractivity contribution in [2.75, 3.05) is 11.9 Å². The van der Waals surface area contributed by atoms with E-state index >= 15 is 0 Å². The van der Waals surface area contributed by atoms with Crippen molar-refractivity contribution in [1.82, 2.24) is 20.2 Å². The van der Waals surface area contributed by atoms with Crippen LogP contribution in [0.25, 0.3) is 11.0 Å². The van der Waals surface area contributed by atoms with Gasteiger partial charge in [0.05, 0.1) is 11.6 Å². The highest BCUT2D eigenvalue weighted by Crippen LogP contribution is 2.15. The van der Waals surface area contributed by atoms with Crippen LogP contribution in [0.5, 0.6) is 0 Å². The van der Waals surface area contributed by atoms with Crippen LogP contribution in [0, 0.1) is 0 Å². The Hall–Kier alpha value is -1.36. The lowest BCUT2D eigenvalue weighted by atomic mass is 10.2. The third kappa shape index (κ3) is 2.82. The Morgan fingerprint density at radius 1 is 1.31 bits per heavy atom. The number of halogens is 1. The highest BCUT2D eigenvalue weighted by molar-refractivity contribution is 5.85. The average Bonchev–Trinajstić information content (AvgIpc) is 2.73. The molecule has 0 atom stereocenters. The van der Waals surface area contributed by atoms with Crippen molar-refractivity contribution in [2.45, 2.75) is 26.2 Å². The lowest BCUT2D eigenvalue weighted by Gasteiger charge is -2.04. The molecule has 0 unspecified atom stereocenters. The van der Waals surface area contributed by atoms with Gasteiger partial charge in [0.15, 0.2) is 5.65 Å². The molecule has 2 aromatic heterocycles. The summed E-state index contributed by atoms with van der Waals surface area (Å²) >= 11 is 0. The molecule has 0 bridgehead atoms. The normalized spacial score (nSPS) is 10.1. The van der Waals surface area contributed by atoms with E-state index in [9.17, 15) is 0 Å². The Bertz CT molecular complexity index is 428. The molecule has 0 saturated carbocycles. The maximum absolute atomic E-state index is 4.19. The monoisotopic (exact) mass is 241 g/mol. The van der Waals surface area contributed by atoms with E-state index in [1.807, 2.05) is 0 Å². The largest absolute Gasteiger partial charge is 0.369 e.